The van der Waals surface area contributed by atoms with E-state index in [-0.39, 0.29) is 25.8 Å². The first kappa shape index (κ1) is 34.6. The topological polar surface area (TPSA) is 95.9 Å². The maximum absolute atomic E-state index is 13.5. The van der Waals surface area contributed by atoms with E-state index in [1.807, 2.05) is 5.83 Å². The molecule has 0 aromatic heterocycles. The van der Waals surface area contributed by atoms with Gasteiger partial charge < -0.3 is 15.2 Å². The second-order valence-corrected chi connectivity index (χ2v) is 12.5. The molecular weight excluding hydrogens is 593 g/mol. The molecule has 0 saturated carbocycles. The summed E-state index contributed by atoms with van der Waals surface area (Å²) in [4.78, 5) is 36.7. The van der Waals surface area contributed by atoms with Crippen molar-refractivity contribution in [2.75, 3.05) is 44.0 Å². The van der Waals surface area contributed by atoms with Crippen LogP contribution < -0.4 is 5.32 Å². The Labute approximate surface area is 239 Å². The number of carboxylic acids is 1. The first-order valence-electron chi connectivity index (χ1n) is 12.5. The Morgan fingerprint density at radius 1 is 1.08 bits per heavy atom. The molecule has 1 aliphatic rings. The number of rotatable bonds is 7. The Morgan fingerprint density at radius 3 is 2.15 bits per heavy atom. The molecule has 216 valence electrons. The van der Waals surface area contributed by atoms with E-state index in [1.54, 1.807) is 51.1 Å². The van der Waals surface area contributed by atoms with Crippen LogP contribution in [0.5, 0.6) is 0 Å². The minimum atomic E-state index is -1.13. The summed E-state index contributed by atoms with van der Waals surface area (Å²) in [6.45, 7) is 9.40. The molecule has 0 aliphatic carbocycles. The summed E-state index contributed by atoms with van der Waals surface area (Å²) in [7, 11) is 0.137. The molecule has 1 aliphatic heterocycles. The summed E-state index contributed by atoms with van der Waals surface area (Å²) >= 11 is 2.94. The fourth-order valence-corrected chi connectivity index (χ4v) is 5.61. The van der Waals surface area contributed by atoms with Crippen LogP contribution in [0.3, 0.4) is 0 Å². The standard InChI is InChI=1S/C14H18F2NOP.C13H17NO4.CH3Br/c1-2-19-7-5-17(6-8-19)10-14(18)12-4-3-11(15)9-13(12)16;1-13(2,3)18-12(17)14-10(11(15)16)9-7-5-4-6-8-9;1-2/h3-4,9H,2,5-8,10H2,1H3;4-8,10H,1-3H3,(H,14,17)(H,15,16);1H3. The lowest BCUT2D eigenvalue weighted by Gasteiger charge is -2.31. The average molecular weight is 631 g/mol. The van der Waals surface area contributed by atoms with Gasteiger partial charge in [-0.15, -0.1) is 7.92 Å². The Balaban J connectivity index is 0.000000367. The van der Waals surface area contributed by atoms with E-state index in [9.17, 15) is 23.2 Å². The van der Waals surface area contributed by atoms with Crippen molar-refractivity contribution in [3.05, 3.63) is 71.3 Å². The molecule has 1 amide bonds. The largest absolute Gasteiger partial charge is 0.479 e. The SMILES string of the molecule is CBr.CC(C)(C)OC(=O)NC(C(=O)O)c1ccccc1.CCP1CCN(CC(=O)c2ccc(F)cc2F)CC1. The second kappa shape index (κ2) is 17.3. The predicted molar refractivity (Wildman–Crippen MR) is 155 cm³/mol. The maximum atomic E-state index is 13.5. The van der Waals surface area contributed by atoms with Crippen molar-refractivity contribution >= 4 is 41.7 Å². The van der Waals surface area contributed by atoms with Crippen LogP contribution in [0.4, 0.5) is 13.6 Å². The van der Waals surface area contributed by atoms with Gasteiger partial charge in [0.25, 0.3) is 0 Å². The highest BCUT2D eigenvalue weighted by Crippen LogP contribution is 2.36. The number of ether oxygens (including phenoxy) is 1. The van der Waals surface area contributed by atoms with E-state index in [2.05, 4.69) is 33.1 Å². The van der Waals surface area contributed by atoms with Crippen molar-refractivity contribution in [1.82, 2.24) is 10.2 Å². The van der Waals surface area contributed by atoms with E-state index >= 15 is 0 Å². The number of nitrogens with zero attached hydrogens (tertiary/aromatic N) is 1. The van der Waals surface area contributed by atoms with E-state index < -0.39 is 35.3 Å². The summed E-state index contributed by atoms with van der Waals surface area (Å²) in [6, 6.07) is 10.5. The number of nitrogens with one attached hydrogen (secondary N) is 1. The number of alkyl halides is 1. The number of ketones is 1. The monoisotopic (exact) mass is 630 g/mol. The Kier molecular flexibility index (Phi) is 15.4. The van der Waals surface area contributed by atoms with E-state index in [0.29, 0.717) is 5.56 Å². The minimum absolute atomic E-state index is 0.00951. The number of Topliss-reactive ketones (excluding diaryl/α,β-unsaturated/α-hetero) is 1. The third kappa shape index (κ3) is 13.0. The number of carbonyl (C=O) groups excluding carboxylic acids is 2. The summed E-state index contributed by atoms with van der Waals surface area (Å²) < 4.78 is 31.3. The zero-order valence-electron chi connectivity index (χ0n) is 23.0. The molecule has 1 fully saturated rings. The van der Waals surface area contributed by atoms with Crippen molar-refractivity contribution in [1.29, 1.82) is 0 Å². The van der Waals surface area contributed by atoms with Crippen LogP contribution in [0.15, 0.2) is 48.5 Å². The van der Waals surface area contributed by atoms with Crippen molar-refractivity contribution in [2.45, 2.75) is 39.3 Å². The molecule has 1 saturated heterocycles. The minimum Gasteiger partial charge on any atom is -0.479 e. The summed E-state index contributed by atoms with van der Waals surface area (Å²) in [6.07, 6.45) is 2.80. The number of carbonyl (C=O) groups is 3. The van der Waals surface area contributed by atoms with Gasteiger partial charge in [-0.1, -0.05) is 53.2 Å². The first-order chi connectivity index (χ1) is 18.4. The molecule has 1 atom stereocenters. The van der Waals surface area contributed by atoms with Gasteiger partial charge in [-0.05, 0) is 62.8 Å². The highest BCUT2D eigenvalue weighted by Gasteiger charge is 2.25. The molecule has 3 rings (SSSR count). The zero-order chi connectivity index (χ0) is 29.6. The predicted octanol–water partition coefficient (Wildman–Crippen LogP) is 6.31. The van der Waals surface area contributed by atoms with Crippen LogP contribution in [0.1, 0.15) is 49.7 Å². The molecule has 0 bridgehead atoms. The number of hydrogen-bond donors (Lipinski definition) is 2. The van der Waals surface area contributed by atoms with Gasteiger partial charge in [0.05, 0.1) is 12.1 Å². The van der Waals surface area contributed by atoms with Crippen molar-refractivity contribution in [2.24, 2.45) is 0 Å². The number of carboxylic acid groups (broad SMARTS) is 1. The average Bonchev–Trinajstić information content (AvgIpc) is 2.88. The zero-order valence-corrected chi connectivity index (χ0v) is 25.5. The third-order valence-electron chi connectivity index (χ3n) is 5.55. The molecule has 39 heavy (non-hydrogen) atoms. The van der Waals surface area contributed by atoms with Gasteiger partial charge in [0.1, 0.15) is 17.2 Å². The van der Waals surface area contributed by atoms with Crippen LogP contribution in [-0.4, -0.2) is 77.4 Å². The molecule has 1 heterocycles. The van der Waals surface area contributed by atoms with Crippen molar-refractivity contribution in [3.63, 3.8) is 0 Å². The van der Waals surface area contributed by atoms with Crippen LogP contribution in [-0.2, 0) is 9.53 Å². The van der Waals surface area contributed by atoms with Gasteiger partial charge in [0, 0.05) is 19.2 Å². The van der Waals surface area contributed by atoms with Gasteiger partial charge in [0.2, 0.25) is 0 Å². The highest BCUT2D eigenvalue weighted by molar-refractivity contribution is 9.08. The number of hydrogen-bond acceptors (Lipinski definition) is 5. The number of aliphatic carboxylic acids is 1. The first-order valence-corrected chi connectivity index (χ1v) is 16.0. The van der Waals surface area contributed by atoms with Gasteiger partial charge in [-0.2, -0.15) is 0 Å². The lowest BCUT2D eigenvalue weighted by molar-refractivity contribution is -0.139. The van der Waals surface area contributed by atoms with Crippen LogP contribution in [0.2, 0.25) is 0 Å². The van der Waals surface area contributed by atoms with Gasteiger partial charge in [-0.25, -0.2) is 18.4 Å². The van der Waals surface area contributed by atoms with Gasteiger partial charge in [-0.3, -0.25) is 9.69 Å². The van der Waals surface area contributed by atoms with Gasteiger partial charge in [0.15, 0.2) is 11.8 Å². The summed E-state index contributed by atoms with van der Waals surface area (Å²) in [5, 5.41) is 11.4. The van der Waals surface area contributed by atoms with Crippen molar-refractivity contribution < 1.29 is 33.0 Å². The molecule has 2 aromatic carbocycles. The van der Waals surface area contributed by atoms with Crippen LogP contribution in [0, 0.1) is 11.6 Å². The quantitative estimate of drug-likeness (QED) is 0.211. The molecule has 0 spiro atoms. The molecule has 0 radical (unpaired) electrons. The Morgan fingerprint density at radius 2 is 1.67 bits per heavy atom. The Hall–Kier alpha value is -2.42. The van der Waals surface area contributed by atoms with E-state index in [4.69, 9.17) is 9.84 Å². The highest BCUT2D eigenvalue weighted by atomic mass is 79.9. The second-order valence-electron chi connectivity index (χ2n) is 9.59. The molecule has 1 unspecified atom stereocenters. The summed E-state index contributed by atoms with van der Waals surface area (Å²) in [5.74, 6) is -1.00. The van der Waals surface area contributed by atoms with Crippen LogP contribution in [0.25, 0.3) is 0 Å². The van der Waals surface area contributed by atoms with E-state index in [1.165, 1.54) is 12.2 Å². The van der Waals surface area contributed by atoms with E-state index in [0.717, 1.165) is 37.5 Å². The normalized spacial score (nSPS) is 14.6. The molecule has 11 heteroatoms. The van der Waals surface area contributed by atoms with Gasteiger partial charge >= 0.3 is 12.1 Å². The molecule has 2 aromatic rings. The maximum Gasteiger partial charge on any atom is 0.408 e. The Bertz CT molecular complexity index is 1060. The molecule has 2 N–H and O–H groups in total. The fourth-order valence-electron chi connectivity index (χ4n) is 3.63. The lowest BCUT2D eigenvalue weighted by Crippen LogP contribution is -2.38. The third-order valence-corrected chi connectivity index (χ3v) is 8.11. The van der Waals surface area contributed by atoms with Crippen LogP contribution >= 0.6 is 23.9 Å². The lowest BCUT2D eigenvalue weighted by atomic mass is 10.1. The fraction of sp³-hybridized carbons (Fsp3) is 0.464. The number of amides is 1. The van der Waals surface area contributed by atoms with Crippen molar-refractivity contribution in [3.8, 4) is 0 Å². The number of alkyl carbamates (subject to hydrolysis) is 1. The number of halogens is 3. The smallest absolute Gasteiger partial charge is 0.408 e. The summed E-state index contributed by atoms with van der Waals surface area (Å²) in [5.41, 5.74) is -0.176. The molecule has 7 nitrogen and oxygen atoms in total. The number of benzene rings is 2. The molecular formula is C28H38BrF2N2O5P.